The summed E-state index contributed by atoms with van der Waals surface area (Å²) in [7, 11) is 2.11. The third kappa shape index (κ3) is 3.45. The van der Waals surface area contributed by atoms with E-state index in [0.29, 0.717) is 12.4 Å². The quantitative estimate of drug-likeness (QED) is 0.543. The van der Waals surface area contributed by atoms with Gasteiger partial charge in [-0.2, -0.15) is 0 Å². The van der Waals surface area contributed by atoms with Crippen molar-refractivity contribution in [2.45, 2.75) is 32.4 Å². The lowest BCUT2D eigenvalue weighted by atomic mass is 9.90. The van der Waals surface area contributed by atoms with E-state index in [1.54, 1.807) is 16.8 Å². The van der Waals surface area contributed by atoms with Crippen molar-refractivity contribution in [3.05, 3.63) is 94.0 Å². The fraction of sp³-hybridized carbons (Fsp3) is 0.269. The molecular weight excluding hydrogens is 386 g/mol. The summed E-state index contributed by atoms with van der Waals surface area (Å²) >= 11 is 0. The molecular formula is C26H27N3O2. The average molecular weight is 414 g/mol. The number of nitrogens with zero attached hydrogens (tertiary/aromatic N) is 2. The largest absolute Gasteiger partial charge is 0.489 e. The van der Waals surface area contributed by atoms with Crippen molar-refractivity contribution in [2.75, 3.05) is 6.54 Å². The second-order valence-corrected chi connectivity index (χ2v) is 8.73. The molecule has 0 aliphatic carbocycles. The van der Waals surface area contributed by atoms with Gasteiger partial charge in [-0.05, 0) is 49.6 Å². The van der Waals surface area contributed by atoms with Gasteiger partial charge in [0.05, 0.1) is 16.7 Å². The van der Waals surface area contributed by atoms with E-state index in [9.17, 15) is 4.79 Å². The predicted molar refractivity (Wildman–Crippen MR) is 124 cm³/mol. The molecule has 0 amide bonds. The Morgan fingerprint density at radius 3 is 2.65 bits per heavy atom. The van der Waals surface area contributed by atoms with Crippen LogP contribution in [0.3, 0.4) is 0 Å². The summed E-state index contributed by atoms with van der Waals surface area (Å²) in [4.78, 5) is 12.8. The van der Waals surface area contributed by atoms with Gasteiger partial charge in [-0.1, -0.05) is 36.4 Å². The lowest BCUT2D eigenvalue weighted by Crippen LogP contribution is -2.43. The van der Waals surface area contributed by atoms with Crippen LogP contribution in [0, 0.1) is 0 Å². The summed E-state index contributed by atoms with van der Waals surface area (Å²) in [5.74, 6) is 0.577. The molecule has 1 aliphatic rings. The van der Waals surface area contributed by atoms with Crippen LogP contribution in [0.4, 0.5) is 0 Å². The Hall–Kier alpha value is -3.31. The number of pyridine rings is 1. The van der Waals surface area contributed by atoms with Crippen LogP contribution in [-0.2, 0) is 25.6 Å². The Morgan fingerprint density at radius 2 is 1.87 bits per heavy atom. The topological polar surface area (TPSA) is 48.2 Å². The first-order chi connectivity index (χ1) is 14.9. The second kappa shape index (κ2) is 7.43. The molecule has 0 fully saturated rings. The van der Waals surface area contributed by atoms with Crippen LogP contribution in [0.5, 0.6) is 5.75 Å². The SMILES string of the molecule is Cn1c2c(c3ccc(-n4ccc(OCc5ccccc5)cc4=O)cc31)CCNC2(C)C. The zero-order valence-electron chi connectivity index (χ0n) is 18.2. The summed E-state index contributed by atoms with van der Waals surface area (Å²) in [5.41, 5.74) is 5.63. The van der Waals surface area contributed by atoms with Crippen LogP contribution in [-0.4, -0.2) is 15.7 Å². The highest BCUT2D eigenvalue weighted by molar-refractivity contribution is 5.88. The number of ether oxygens (including phenoxy) is 1. The molecule has 1 N–H and O–H groups in total. The molecule has 0 saturated carbocycles. The summed E-state index contributed by atoms with van der Waals surface area (Å²) in [6.07, 6.45) is 2.81. The fourth-order valence-electron chi connectivity index (χ4n) is 4.79. The highest BCUT2D eigenvalue weighted by Crippen LogP contribution is 2.36. The zero-order chi connectivity index (χ0) is 21.6. The molecule has 5 rings (SSSR count). The monoisotopic (exact) mass is 413 g/mol. The fourth-order valence-corrected chi connectivity index (χ4v) is 4.79. The Bertz CT molecular complexity index is 1320. The standard InChI is InChI=1S/C26H27N3O2/c1-26(2)25-22(11-13-27-26)21-10-9-19(15-23(21)28(25)3)29-14-12-20(16-24(29)30)31-17-18-7-5-4-6-8-18/h4-10,12,14-16,27H,11,13,17H2,1-3H3. The molecule has 0 radical (unpaired) electrons. The molecule has 0 spiro atoms. The summed E-state index contributed by atoms with van der Waals surface area (Å²) in [6.45, 7) is 5.87. The molecule has 1 aliphatic heterocycles. The van der Waals surface area contributed by atoms with Gasteiger partial charge in [0.1, 0.15) is 12.4 Å². The first-order valence-electron chi connectivity index (χ1n) is 10.7. The van der Waals surface area contributed by atoms with Gasteiger partial charge < -0.3 is 14.6 Å². The van der Waals surface area contributed by atoms with Gasteiger partial charge in [0.25, 0.3) is 5.56 Å². The molecule has 2 aromatic carbocycles. The number of fused-ring (bicyclic) bond motifs is 3. The maximum absolute atomic E-state index is 12.8. The average Bonchev–Trinajstić information content (AvgIpc) is 3.06. The molecule has 3 heterocycles. The van der Waals surface area contributed by atoms with Gasteiger partial charge in [0, 0.05) is 36.9 Å². The van der Waals surface area contributed by atoms with Gasteiger partial charge >= 0.3 is 0 Å². The van der Waals surface area contributed by atoms with Crippen molar-refractivity contribution in [3.8, 4) is 11.4 Å². The number of aromatic nitrogens is 2. The van der Waals surface area contributed by atoms with Gasteiger partial charge in [0.15, 0.2) is 0 Å². The first-order valence-corrected chi connectivity index (χ1v) is 10.7. The van der Waals surface area contributed by atoms with Crippen LogP contribution in [0.2, 0.25) is 0 Å². The van der Waals surface area contributed by atoms with E-state index >= 15 is 0 Å². The lowest BCUT2D eigenvalue weighted by molar-refractivity contribution is 0.305. The number of nitrogens with one attached hydrogen (secondary N) is 1. The van der Waals surface area contributed by atoms with E-state index in [1.165, 1.54) is 16.6 Å². The Morgan fingerprint density at radius 1 is 1.06 bits per heavy atom. The Labute approximate surface area is 181 Å². The summed E-state index contributed by atoms with van der Waals surface area (Å²) in [6, 6.07) is 19.6. The van der Waals surface area contributed by atoms with Crippen molar-refractivity contribution in [1.29, 1.82) is 0 Å². The third-order valence-corrected chi connectivity index (χ3v) is 6.24. The summed E-state index contributed by atoms with van der Waals surface area (Å²) in [5, 5.41) is 4.88. The number of rotatable bonds is 4. The van der Waals surface area contributed by atoms with Crippen molar-refractivity contribution in [1.82, 2.24) is 14.5 Å². The van der Waals surface area contributed by atoms with E-state index in [4.69, 9.17) is 4.74 Å². The van der Waals surface area contributed by atoms with Crippen LogP contribution in [0.25, 0.3) is 16.6 Å². The molecule has 4 aromatic rings. The van der Waals surface area contributed by atoms with Gasteiger partial charge in [-0.3, -0.25) is 9.36 Å². The smallest absolute Gasteiger partial charge is 0.258 e. The van der Waals surface area contributed by atoms with E-state index in [0.717, 1.165) is 29.7 Å². The minimum Gasteiger partial charge on any atom is -0.489 e. The minimum atomic E-state index is -0.106. The van der Waals surface area contributed by atoms with Crippen LogP contribution < -0.4 is 15.6 Å². The van der Waals surface area contributed by atoms with Gasteiger partial charge in [-0.15, -0.1) is 0 Å². The molecule has 0 unspecified atom stereocenters. The van der Waals surface area contributed by atoms with Gasteiger partial charge in [-0.25, -0.2) is 0 Å². The highest BCUT2D eigenvalue weighted by atomic mass is 16.5. The summed E-state index contributed by atoms with van der Waals surface area (Å²) < 4.78 is 9.74. The third-order valence-electron chi connectivity index (χ3n) is 6.24. The molecule has 5 heteroatoms. The van der Waals surface area contributed by atoms with Crippen molar-refractivity contribution >= 4 is 10.9 Å². The van der Waals surface area contributed by atoms with E-state index in [1.807, 2.05) is 42.5 Å². The van der Waals surface area contributed by atoms with Crippen LogP contribution in [0.15, 0.2) is 71.7 Å². The Kier molecular flexibility index (Phi) is 4.71. The van der Waals surface area contributed by atoms with Crippen molar-refractivity contribution in [2.24, 2.45) is 7.05 Å². The number of benzene rings is 2. The van der Waals surface area contributed by atoms with Crippen LogP contribution in [0.1, 0.15) is 30.7 Å². The highest BCUT2D eigenvalue weighted by Gasteiger charge is 2.32. The Balaban J connectivity index is 1.48. The first kappa shape index (κ1) is 19.6. The minimum absolute atomic E-state index is 0.0733. The van der Waals surface area contributed by atoms with Crippen LogP contribution >= 0.6 is 0 Å². The normalized spacial score (nSPS) is 15.1. The van der Waals surface area contributed by atoms with E-state index < -0.39 is 0 Å². The molecule has 0 atom stereocenters. The van der Waals surface area contributed by atoms with Crippen molar-refractivity contribution in [3.63, 3.8) is 0 Å². The number of hydrogen-bond acceptors (Lipinski definition) is 3. The zero-order valence-corrected chi connectivity index (χ0v) is 18.2. The number of aryl methyl sites for hydroxylation is 1. The molecule has 5 nitrogen and oxygen atoms in total. The maximum atomic E-state index is 12.8. The van der Waals surface area contributed by atoms with Crippen molar-refractivity contribution < 1.29 is 4.74 Å². The molecule has 2 aromatic heterocycles. The second-order valence-electron chi connectivity index (χ2n) is 8.73. The molecule has 31 heavy (non-hydrogen) atoms. The van der Waals surface area contributed by atoms with Gasteiger partial charge in [0.2, 0.25) is 0 Å². The van der Waals surface area contributed by atoms with E-state index in [-0.39, 0.29) is 11.1 Å². The maximum Gasteiger partial charge on any atom is 0.258 e. The van der Waals surface area contributed by atoms with E-state index in [2.05, 4.69) is 42.9 Å². The molecule has 0 saturated heterocycles. The predicted octanol–water partition coefficient (Wildman–Crippen LogP) is 4.29. The molecule has 158 valence electrons. The number of hydrogen-bond donors (Lipinski definition) is 1. The molecule has 0 bridgehead atoms. The lowest BCUT2D eigenvalue weighted by Gasteiger charge is -2.33.